The average molecular weight is 368 g/mol. The van der Waals surface area contributed by atoms with Crippen molar-refractivity contribution >= 4 is 50.0 Å². The van der Waals surface area contributed by atoms with E-state index in [2.05, 4.69) is 25.9 Å². The van der Waals surface area contributed by atoms with E-state index >= 15 is 0 Å². The fraction of sp³-hybridized carbons (Fsp3) is 0.0667. The van der Waals surface area contributed by atoms with Gasteiger partial charge < -0.3 is 0 Å². The van der Waals surface area contributed by atoms with Crippen LogP contribution >= 0.6 is 39.1 Å². The molecule has 0 spiro atoms. The second-order valence-electron chi connectivity index (χ2n) is 4.46. The molecule has 3 aromatic rings. The van der Waals surface area contributed by atoms with Crippen LogP contribution < -0.4 is 0 Å². The van der Waals surface area contributed by atoms with Gasteiger partial charge in [-0.2, -0.15) is 0 Å². The van der Waals surface area contributed by atoms with Gasteiger partial charge in [0.25, 0.3) is 0 Å². The van der Waals surface area contributed by atoms with Gasteiger partial charge in [0.05, 0.1) is 5.52 Å². The number of halogens is 3. The van der Waals surface area contributed by atoms with Crippen molar-refractivity contribution in [2.75, 3.05) is 0 Å². The van der Waals surface area contributed by atoms with Crippen LogP contribution in [0.1, 0.15) is 5.56 Å². The third-order valence-corrected chi connectivity index (χ3v) is 4.06. The van der Waals surface area contributed by atoms with E-state index < -0.39 is 0 Å². The van der Waals surface area contributed by atoms with Gasteiger partial charge in [0.15, 0.2) is 5.82 Å². The molecule has 1 heterocycles. The van der Waals surface area contributed by atoms with Crippen molar-refractivity contribution in [3.05, 3.63) is 56.6 Å². The van der Waals surface area contributed by atoms with E-state index in [-0.39, 0.29) is 0 Å². The van der Waals surface area contributed by atoms with Gasteiger partial charge >= 0.3 is 0 Å². The van der Waals surface area contributed by atoms with E-state index in [1.165, 1.54) is 0 Å². The Morgan fingerprint density at radius 3 is 2.55 bits per heavy atom. The highest BCUT2D eigenvalue weighted by atomic mass is 79.9. The van der Waals surface area contributed by atoms with Gasteiger partial charge in [-0.3, -0.25) is 0 Å². The van der Waals surface area contributed by atoms with E-state index in [9.17, 15) is 0 Å². The number of fused-ring (bicyclic) bond motifs is 1. The topological polar surface area (TPSA) is 25.8 Å². The second-order valence-corrected chi connectivity index (χ2v) is 6.17. The molecule has 2 aromatic carbocycles. The standard InChI is InChI=1S/C15H9BrCl2N2/c1-8-6-10(17)3-4-11(8)15-19-13-5-2-9(16)7-12(13)14(18)20-15/h2-7H,1H3. The van der Waals surface area contributed by atoms with E-state index in [0.29, 0.717) is 16.0 Å². The lowest BCUT2D eigenvalue weighted by Gasteiger charge is -2.08. The molecule has 3 rings (SSSR count). The molecule has 0 aliphatic carbocycles. The third kappa shape index (κ3) is 2.53. The molecule has 20 heavy (non-hydrogen) atoms. The van der Waals surface area contributed by atoms with Crippen LogP contribution in [0.25, 0.3) is 22.3 Å². The Kier molecular flexibility index (Phi) is 3.67. The SMILES string of the molecule is Cc1cc(Cl)ccc1-c1nc(Cl)c2cc(Br)ccc2n1. The first-order valence-electron chi connectivity index (χ1n) is 5.94. The molecular formula is C15H9BrCl2N2. The molecule has 0 N–H and O–H groups in total. The lowest BCUT2D eigenvalue weighted by molar-refractivity contribution is 1.21. The van der Waals surface area contributed by atoms with Crippen molar-refractivity contribution in [2.45, 2.75) is 6.92 Å². The van der Waals surface area contributed by atoms with Crippen molar-refractivity contribution in [2.24, 2.45) is 0 Å². The smallest absolute Gasteiger partial charge is 0.161 e. The van der Waals surface area contributed by atoms with Crippen LogP contribution in [0.5, 0.6) is 0 Å². The number of aryl methyl sites for hydroxylation is 1. The van der Waals surface area contributed by atoms with E-state index in [1.54, 1.807) is 0 Å². The fourth-order valence-electron chi connectivity index (χ4n) is 2.06. The Morgan fingerprint density at radius 2 is 1.80 bits per heavy atom. The Morgan fingerprint density at radius 1 is 1.00 bits per heavy atom. The van der Waals surface area contributed by atoms with Crippen molar-refractivity contribution < 1.29 is 0 Å². The monoisotopic (exact) mass is 366 g/mol. The molecule has 0 saturated carbocycles. The summed E-state index contributed by atoms with van der Waals surface area (Å²) in [4.78, 5) is 8.97. The minimum Gasteiger partial charge on any atom is -0.228 e. The summed E-state index contributed by atoms with van der Waals surface area (Å²) in [5.74, 6) is 0.610. The molecule has 0 aliphatic heterocycles. The quantitative estimate of drug-likeness (QED) is 0.517. The zero-order valence-corrected chi connectivity index (χ0v) is 13.6. The minimum atomic E-state index is 0.445. The summed E-state index contributed by atoms with van der Waals surface area (Å²) >= 11 is 15.7. The predicted molar refractivity (Wildman–Crippen MR) is 87.4 cm³/mol. The van der Waals surface area contributed by atoms with E-state index in [1.807, 2.05) is 43.3 Å². The minimum absolute atomic E-state index is 0.445. The zero-order valence-electron chi connectivity index (χ0n) is 10.5. The summed E-state index contributed by atoms with van der Waals surface area (Å²) < 4.78 is 0.950. The lowest BCUT2D eigenvalue weighted by atomic mass is 10.1. The summed E-state index contributed by atoms with van der Waals surface area (Å²) in [5.41, 5.74) is 2.77. The first-order valence-corrected chi connectivity index (χ1v) is 7.49. The molecule has 0 saturated heterocycles. The van der Waals surface area contributed by atoms with Crippen LogP contribution in [0.4, 0.5) is 0 Å². The van der Waals surface area contributed by atoms with Gasteiger partial charge in [-0.1, -0.05) is 39.1 Å². The Balaban J connectivity index is 2.24. The first-order chi connectivity index (χ1) is 9.54. The average Bonchev–Trinajstić information content (AvgIpc) is 2.39. The summed E-state index contributed by atoms with van der Waals surface area (Å²) in [6.07, 6.45) is 0. The van der Waals surface area contributed by atoms with Gasteiger partial charge in [0, 0.05) is 20.4 Å². The number of rotatable bonds is 1. The normalized spacial score (nSPS) is 11.0. The third-order valence-electron chi connectivity index (χ3n) is 3.04. The molecule has 2 nitrogen and oxygen atoms in total. The largest absolute Gasteiger partial charge is 0.228 e. The molecule has 0 atom stereocenters. The summed E-state index contributed by atoms with van der Waals surface area (Å²) in [5, 5.41) is 1.97. The highest BCUT2D eigenvalue weighted by Crippen LogP contribution is 2.29. The van der Waals surface area contributed by atoms with Crippen molar-refractivity contribution in [3.63, 3.8) is 0 Å². The Labute approximate surface area is 134 Å². The molecule has 0 aliphatic rings. The molecule has 0 fully saturated rings. The highest BCUT2D eigenvalue weighted by Gasteiger charge is 2.10. The van der Waals surface area contributed by atoms with Crippen molar-refractivity contribution in [3.8, 4) is 11.4 Å². The first kappa shape index (κ1) is 13.8. The Bertz CT molecular complexity index is 818. The number of hydrogen-bond donors (Lipinski definition) is 0. The molecule has 0 unspecified atom stereocenters. The maximum absolute atomic E-state index is 6.27. The number of hydrogen-bond acceptors (Lipinski definition) is 2. The molecule has 0 amide bonds. The van der Waals surface area contributed by atoms with Crippen LogP contribution in [-0.2, 0) is 0 Å². The molecule has 1 aromatic heterocycles. The van der Waals surface area contributed by atoms with Crippen LogP contribution in [-0.4, -0.2) is 9.97 Å². The number of nitrogens with zero attached hydrogens (tertiary/aromatic N) is 2. The molecular weight excluding hydrogens is 359 g/mol. The lowest BCUT2D eigenvalue weighted by Crippen LogP contribution is -1.94. The number of aromatic nitrogens is 2. The van der Waals surface area contributed by atoms with Crippen LogP contribution in [0.3, 0.4) is 0 Å². The van der Waals surface area contributed by atoms with Gasteiger partial charge in [-0.25, -0.2) is 9.97 Å². The summed E-state index contributed by atoms with van der Waals surface area (Å²) in [7, 11) is 0. The van der Waals surface area contributed by atoms with Gasteiger partial charge in [0.1, 0.15) is 5.15 Å². The van der Waals surface area contributed by atoms with E-state index in [4.69, 9.17) is 23.2 Å². The predicted octanol–water partition coefficient (Wildman–Crippen LogP) is 5.67. The van der Waals surface area contributed by atoms with E-state index in [0.717, 1.165) is 26.5 Å². The van der Waals surface area contributed by atoms with Crippen molar-refractivity contribution in [1.82, 2.24) is 9.97 Å². The Hall–Kier alpha value is -1.16. The molecule has 100 valence electrons. The van der Waals surface area contributed by atoms with Crippen LogP contribution in [0.15, 0.2) is 40.9 Å². The zero-order chi connectivity index (χ0) is 14.3. The molecule has 0 radical (unpaired) electrons. The van der Waals surface area contributed by atoms with Crippen LogP contribution in [0.2, 0.25) is 10.2 Å². The summed E-state index contributed by atoms with van der Waals surface area (Å²) in [6.45, 7) is 1.98. The molecule has 5 heteroatoms. The van der Waals surface area contributed by atoms with Gasteiger partial charge in [-0.15, -0.1) is 0 Å². The van der Waals surface area contributed by atoms with Crippen LogP contribution in [0, 0.1) is 6.92 Å². The van der Waals surface area contributed by atoms with Gasteiger partial charge in [0.2, 0.25) is 0 Å². The van der Waals surface area contributed by atoms with Gasteiger partial charge in [-0.05, 0) is 48.9 Å². The maximum Gasteiger partial charge on any atom is 0.161 e. The number of benzene rings is 2. The second kappa shape index (κ2) is 5.32. The molecule has 0 bridgehead atoms. The maximum atomic E-state index is 6.27. The summed E-state index contributed by atoms with van der Waals surface area (Å²) in [6, 6.07) is 11.4. The highest BCUT2D eigenvalue weighted by molar-refractivity contribution is 9.10. The fourth-order valence-corrected chi connectivity index (χ4v) is 2.88. The van der Waals surface area contributed by atoms with Crippen molar-refractivity contribution in [1.29, 1.82) is 0 Å².